The lowest BCUT2D eigenvalue weighted by Gasteiger charge is -2.26. The molecule has 2 unspecified atom stereocenters. The molecule has 0 spiro atoms. The van der Waals surface area contributed by atoms with Gasteiger partial charge in [-0.25, -0.2) is 4.98 Å². The van der Waals surface area contributed by atoms with Crippen molar-refractivity contribution in [1.82, 2.24) is 4.98 Å². The van der Waals surface area contributed by atoms with E-state index < -0.39 is 0 Å². The highest BCUT2D eigenvalue weighted by atomic mass is 32.2. The molecule has 0 saturated heterocycles. The Morgan fingerprint density at radius 3 is 3.11 bits per heavy atom. The van der Waals surface area contributed by atoms with Crippen LogP contribution in [-0.2, 0) is 5.75 Å². The Hall–Kier alpha value is -0.700. The van der Waals surface area contributed by atoms with Crippen LogP contribution in [0.2, 0.25) is 0 Å². The van der Waals surface area contributed by atoms with Crippen molar-refractivity contribution in [3.05, 3.63) is 23.9 Å². The van der Waals surface area contributed by atoms with Crippen LogP contribution in [-0.4, -0.2) is 16.8 Å². The van der Waals surface area contributed by atoms with Crippen molar-refractivity contribution >= 4 is 17.6 Å². The Kier molecular flexibility index (Phi) is 6.02. The van der Waals surface area contributed by atoms with Gasteiger partial charge in [0.15, 0.2) is 0 Å². The molecule has 0 aliphatic heterocycles. The van der Waals surface area contributed by atoms with Gasteiger partial charge in [0.25, 0.3) is 0 Å². The molecule has 1 N–H and O–H groups in total. The van der Waals surface area contributed by atoms with Crippen LogP contribution in [0.25, 0.3) is 0 Å². The van der Waals surface area contributed by atoms with Crippen molar-refractivity contribution in [3.8, 4) is 0 Å². The molecule has 2 nitrogen and oxygen atoms in total. The van der Waals surface area contributed by atoms with E-state index in [2.05, 4.69) is 48.0 Å². The highest BCUT2D eigenvalue weighted by Gasteiger charge is 2.19. The normalized spacial score (nSPS) is 23.3. The largest absolute Gasteiger partial charge is 0.370 e. The van der Waals surface area contributed by atoms with Gasteiger partial charge in [0.05, 0.1) is 0 Å². The molecule has 1 saturated carbocycles. The predicted octanol–water partition coefficient (Wildman–Crippen LogP) is 4.72. The summed E-state index contributed by atoms with van der Waals surface area (Å²) in [5.41, 5.74) is 1.36. The number of anilines is 1. The molecule has 2 atom stereocenters. The molecule has 1 aliphatic rings. The minimum Gasteiger partial charge on any atom is -0.370 e. The smallest absolute Gasteiger partial charge is 0.129 e. The minimum absolute atomic E-state index is 0.850. The van der Waals surface area contributed by atoms with Crippen LogP contribution in [0.4, 0.5) is 5.82 Å². The van der Waals surface area contributed by atoms with Gasteiger partial charge >= 0.3 is 0 Å². The molecule has 0 radical (unpaired) electrons. The maximum absolute atomic E-state index is 4.47. The number of pyridine rings is 1. The lowest BCUT2D eigenvalue weighted by atomic mass is 9.91. The van der Waals surface area contributed by atoms with Crippen LogP contribution >= 0.6 is 11.8 Å². The first-order chi connectivity index (χ1) is 9.29. The van der Waals surface area contributed by atoms with Crippen LogP contribution < -0.4 is 5.32 Å². The van der Waals surface area contributed by atoms with Gasteiger partial charge in [0, 0.05) is 29.3 Å². The van der Waals surface area contributed by atoms with Gasteiger partial charge in [-0.15, -0.1) is 0 Å². The molecular formula is C16H26N2S. The number of aromatic nitrogens is 1. The van der Waals surface area contributed by atoms with E-state index in [9.17, 15) is 0 Å². The highest BCUT2D eigenvalue weighted by Crippen LogP contribution is 2.34. The fourth-order valence-electron chi connectivity index (χ4n) is 2.70. The monoisotopic (exact) mass is 278 g/mol. The van der Waals surface area contributed by atoms with E-state index in [1.54, 1.807) is 0 Å². The first-order valence-electron chi connectivity index (χ1n) is 7.59. The Morgan fingerprint density at radius 1 is 1.42 bits per heavy atom. The van der Waals surface area contributed by atoms with Gasteiger partial charge in [0.1, 0.15) is 5.82 Å². The third kappa shape index (κ3) is 4.72. The zero-order chi connectivity index (χ0) is 13.5. The average molecular weight is 278 g/mol. The zero-order valence-electron chi connectivity index (χ0n) is 12.2. The van der Waals surface area contributed by atoms with Gasteiger partial charge in [-0.3, -0.25) is 0 Å². The molecule has 0 amide bonds. The summed E-state index contributed by atoms with van der Waals surface area (Å²) in [6.45, 7) is 5.59. The van der Waals surface area contributed by atoms with Gasteiger partial charge in [-0.05, 0) is 31.2 Å². The van der Waals surface area contributed by atoms with E-state index in [-0.39, 0.29) is 0 Å². The van der Waals surface area contributed by atoms with E-state index in [4.69, 9.17) is 0 Å². The van der Waals surface area contributed by atoms with Crippen molar-refractivity contribution in [1.29, 1.82) is 0 Å². The number of thioether (sulfide) groups is 1. The SMILES string of the molecule is CCCNc1ncccc1CSC1CCCC(C)C1. The average Bonchev–Trinajstić information content (AvgIpc) is 2.44. The summed E-state index contributed by atoms with van der Waals surface area (Å²) < 4.78 is 0. The first-order valence-corrected chi connectivity index (χ1v) is 8.63. The molecule has 3 heteroatoms. The molecular weight excluding hydrogens is 252 g/mol. The quantitative estimate of drug-likeness (QED) is 0.815. The van der Waals surface area contributed by atoms with E-state index >= 15 is 0 Å². The molecule has 1 heterocycles. The third-order valence-corrected chi connectivity index (χ3v) is 5.17. The highest BCUT2D eigenvalue weighted by molar-refractivity contribution is 7.99. The maximum atomic E-state index is 4.47. The maximum Gasteiger partial charge on any atom is 0.129 e. The van der Waals surface area contributed by atoms with Gasteiger partial charge in [-0.1, -0.05) is 32.8 Å². The van der Waals surface area contributed by atoms with E-state index in [0.29, 0.717) is 0 Å². The number of nitrogens with zero attached hydrogens (tertiary/aromatic N) is 1. The molecule has 1 fully saturated rings. The fourth-order valence-corrected chi connectivity index (χ4v) is 4.14. The second kappa shape index (κ2) is 7.78. The summed E-state index contributed by atoms with van der Waals surface area (Å²) in [5.74, 6) is 3.09. The summed E-state index contributed by atoms with van der Waals surface area (Å²) in [7, 11) is 0. The fraction of sp³-hybridized carbons (Fsp3) is 0.688. The summed E-state index contributed by atoms with van der Waals surface area (Å²) >= 11 is 2.12. The molecule has 1 aromatic rings. The van der Waals surface area contributed by atoms with Crippen LogP contribution in [0.1, 0.15) is 51.5 Å². The predicted molar refractivity (Wildman–Crippen MR) is 85.7 cm³/mol. The Morgan fingerprint density at radius 2 is 2.32 bits per heavy atom. The molecule has 1 aliphatic carbocycles. The molecule has 0 aromatic carbocycles. The summed E-state index contributed by atoms with van der Waals surface area (Å²) in [6, 6.07) is 4.26. The second-order valence-corrected chi connectivity index (χ2v) is 6.93. The number of rotatable bonds is 6. The second-order valence-electron chi connectivity index (χ2n) is 5.64. The molecule has 1 aromatic heterocycles. The number of hydrogen-bond donors (Lipinski definition) is 1. The van der Waals surface area contributed by atoms with E-state index in [0.717, 1.165) is 35.7 Å². The van der Waals surface area contributed by atoms with Crippen molar-refractivity contribution in [3.63, 3.8) is 0 Å². The summed E-state index contributed by atoms with van der Waals surface area (Å²) in [5, 5.41) is 4.28. The van der Waals surface area contributed by atoms with Crippen molar-refractivity contribution in [2.45, 2.75) is 57.0 Å². The molecule has 0 bridgehead atoms. The standard InChI is InChI=1S/C16H26N2S/c1-3-9-17-16-14(7-5-10-18-16)12-19-15-8-4-6-13(2)11-15/h5,7,10,13,15H,3-4,6,8-9,11-12H2,1-2H3,(H,17,18). The summed E-state index contributed by atoms with van der Waals surface area (Å²) in [6.07, 6.45) is 8.65. The van der Waals surface area contributed by atoms with Crippen molar-refractivity contribution in [2.75, 3.05) is 11.9 Å². The topological polar surface area (TPSA) is 24.9 Å². The van der Waals surface area contributed by atoms with Crippen molar-refractivity contribution < 1.29 is 0 Å². The van der Waals surface area contributed by atoms with Crippen molar-refractivity contribution in [2.24, 2.45) is 5.92 Å². The molecule has 106 valence electrons. The first kappa shape index (κ1) is 14.7. The zero-order valence-corrected chi connectivity index (χ0v) is 13.0. The molecule has 2 rings (SSSR count). The number of nitrogens with one attached hydrogen (secondary N) is 1. The van der Waals surface area contributed by atoms with E-state index in [1.807, 2.05) is 6.20 Å². The Bertz CT molecular complexity index is 381. The lowest BCUT2D eigenvalue weighted by Crippen LogP contribution is -2.15. The third-order valence-electron chi connectivity index (χ3n) is 3.80. The number of hydrogen-bond acceptors (Lipinski definition) is 3. The summed E-state index contributed by atoms with van der Waals surface area (Å²) in [4.78, 5) is 4.47. The Balaban J connectivity index is 1.87. The van der Waals surface area contributed by atoms with Crippen LogP contribution in [0.3, 0.4) is 0 Å². The Labute approximate surface area is 121 Å². The van der Waals surface area contributed by atoms with Gasteiger partial charge in [0.2, 0.25) is 0 Å². The molecule has 19 heavy (non-hydrogen) atoms. The lowest BCUT2D eigenvalue weighted by molar-refractivity contribution is 0.394. The van der Waals surface area contributed by atoms with Gasteiger partial charge < -0.3 is 5.32 Å². The van der Waals surface area contributed by atoms with Gasteiger partial charge in [-0.2, -0.15) is 11.8 Å². The van der Waals surface area contributed by atoms with E-state index in [1.165, 1.54) is 31.2 Å². The minimum atomic E-state index is 0.850. The van der Waals surface area contributed by atoms with Crippen LogP contribution in [0, 0.1) is 5.92 Å². The van der Waals surface area contributed by atoms with Crippen LogP contribution in [0.15, 0.2) is 18.3 Å². The van der Waals surface area contributed by atoms with Crippen LogP contribution in [0.5, 0.6) is 0 Å².